The summed E-state index contributed by atoms with van der Waals surface area (Å²) in [6, 6.07) is 14.4. The third-order valence-electron chi connectivity index (χ3n) is 3.37. The average molecular weight is 245 g/mol. The molecular formula is C16H11N3. The SMILES string of the molecule is c1ccc2c(c1)cnc1cccc(-c3ncc[nH]3)c12. The minimum absolute atomic E-state index is 0.878. The van der Waals surface area contributed by atoms with Gasteiger partial charge in [-0.1, -0.05) is 36.4 Å². The predicted molar refractivity (Wildman–Crippen MR) is 76.8 cm³/mol. The quantitative estimate of drug-likeness (QED) is 0.518. The van der Waals surface area contributed by atoms with Crippen molar-refractivity contribution in [1.82, 2.24) is 15.0 Å². The van der Waals surface area contributed by atoms with Crippen LogP contribution in [0.4, 0.5) is 0 Å². The summed E-state index contributed by atoms with van der Waals surface area (Å²) in [4.78, 5) is 12.1. The Labute approximate surface area is 110 Å². The Morgan fingerprint density at radius 1 is 0.895 bits per heavy atom. The second-order valence-electron chi connectivity index (χ2n) is 4.48. The van der Waals surface area contributed by atoms with E-state index >= 15 is 0 Å². The van der Waals surface area contributed by atoms with Gasteiger partial charge in [0.1, 0.15) is 5.82 Å². The van der Waals surface area contributed by atoms with E-state index in [1.165, 1.54) is 5.39 Å². The molecule has 0 fully saturated rings. The summed E-state index contributed by atoms with van der Waals surface area (Å²) in [6.45, 7) is 0. The Morgan fingerprint density at radius 3 is 2.74 bits per heavy atom. The van der Waals surface area contributed by atoms with E-state index in [1.54, 1.807) is 6.20 Å². The summed E-state index contributed by atoms with van der Waals surface area (Å²) in [6.07, 6.45) is 5.53. The summed E-state index contributed by atoms with van der Waals surface area (Å²) in [5.74, 6) is 0.878. The van der Waals surface area contributed by atoms with E-state index in [0.29, 0.717) is 0 Å². The summed E-state index contributed by atoms with van der Waals surface area (Å²) >= 11 is 0. The maximum absolute atomic E-state index is 4.54. The highest BCUT2D eigenvalue weighted by molar-refractivity contribution is 6.11. The van der Waals surface area contributed by atoms with Crippen LogP contribution in [0.25, 0.3) is 33.1 Å². The lowest BCUT2D eigenvalue weighted by atomic mass is 10.0. The summed E-state index contributed by atoms with van der Waals surface area (Å²) < 4.78 is 0. The second kappa shape index (κ2) is 3.92. The maximum Gasteiger partial charge on any atom is 0.137 e. The molecule has 0 aliphatic carbocycles. The molecule has 0 spiro atoms. The highest BCUT2D eigenvalue weighted by Crippen LogP contribution is 2.31. The molecule has 3 nitrogen and oxygen atoms in total. The standard InChI is InChI=1S/C16H11N3/c1-2-5-12-11(4-1)10-19-14-7-3-6-13(15(12)14)16-17-8-9-18-16/h1-10H,(H,17,18). The van der Waals surface area contributed by atoms with Crippen LogP contribution in [0.2, 0.25) is 0 Å². The second-order valence-corrected chi connectivity index (χ2v) is 4.48. The number of benzene rings is 2. The van der Waals surface area contributed by atoms with E-state index in [1.807, 2.05) is 30.6 Å². The fourth-order valence-corrected chi connectivity index (χ4v) is 2.52. The van der Waals surface area contributed by atoms with Gasteiger partial charge in [-0.05, 0) is 11.5 Å². The Bertz CT molecular complexity index is 864. The predicted octanol–water partition coefficient (Wildman–Crippen LogP) is 3.78. The number of H-pyrrole nitrogens is 1. The number of imidazole rings is 1. The van der Waals surface area contributed by atoms with Crippen LogP contribution < -0.4 is 0 Å². The van der Waals surface area contributed by atoms with E-state index in [0.717, 1.165) is 27.7 Å². The van der Waals surface area contributed by atoms with Crippen molar-refractivity contribution in [3.63, 3.8) is 0 Å². The van der Waals surface area contributed by atoms with Crippen LogP contribution in [-0.2, 0) is 0 Å². The molecule has 0 saturated heterocycles. The third kappa shape index (κ3) is 1.52. The number of aromatic nitrogens is 3. The lowest BCUT2D eigenvalue weighted by Gasteiger charge is -2.07. The molecule has 0 amide bonds. The number of nitrogens with one attached hydrogen (secondary N) is 1. The first-order valence-corrected chi connectivity index (χ1v) is 6.20. The highest BCUT2D eigenvalue weighted by atomic mass is 14.9. The molecule has 0 atom stereocenters. The zero-order chi connectivity index (χ0) is 12.7. The van der Waals surface area contributed by atoms with E-state index in [-0.39, 0.29) is 0 Å². The smallest absolute Gasteiger partial charge is 0.137 e. The molecule has 2 heterocycles. The lowest BCUT2D eigenvalue weighted by molar-refractivity contribution is 1.32. The van der Waals surface area contributed by atoms with Gasteiger partial charge < -0.3 is 4.98 Å². The number of hydrogen-bond acceptors (Lipinski definition) is 2. The number of aromatic amines is 1. The van der Waals surface area contributed by atoms with Gasteiger partial charge in [0.15, 0.2) is 0 Å². The summed E-state index contributed by atoms with van der Waals surface area (Å²) in [5.41, 5.74) is 2.08. The molecule has 0 radical (unpaired) electrons. The molecule has 1 N–H and O–H groups in total. The first-order chi connectivity index (χ1) is 9.43. The van der Waals surface area contributed by atoms with E-state index in [2.05, 4.69) is 39.2 Å². The third-order valence-corrected chi connectivity index (χ3v) is 3.37. The van der Waals surface area contributed by atoms with Crippen molar-refractivity contribution >= 4 is 21.7 Å². The van der Waals surface area contributed by atoms with Gasteiger partial charge in [-0.15, -0.1) is 0 Å². The maximum atomic E-state index is 4.54. The molecule has 2 aromatic carbocycles. The van der Waals surface area contributed by atoms with Crippen LogP contribution in [0, 0.1) is 0 Å². The van der Waals surface area contributed by atoms with Crippen LogP contribution in [-0.4, -0.2) is 15.0 Å². The number of rotatable bonds is 1. The first-order valence-electron chi connectivity index (χ1n) is 6.20. The highest BCUT2D eigenvalue weighted by Gasteiger charge is 2.09. The van der Waals surface area contributed by atoms with Crippen molar-refractivity contribution in [2.24, 2.45) is 0 Å². The van der Waals surface area contributed by atoms with Gasteiger partial charge >= 0.3 is 0 Å². The fourth-order valence-electron chi connectivity index (χ4n) is 2.52. The van der Waals surface area contributed by atoms with Crippen molar-refractivity contribution in [2.45, 2.75) is 0 Å². The molecule has 4 rings (SSSR count). The Balaban J connectivity index is 2.22. The van der Waals surface area contributed by atoms with Gasteiger partial charge in [0.2, 0.25) is 0 Å². The number of nitrogens with zero attached hydrogens (tertiary/aromatic N) is 2. The van der Waals surface area contributed by atoms with Crippen LogP contribution in [0.5, 0.6) is 0 Å². The normalized spacial score (nSPS) is 11.2. The van der Waals surface area contributed by atoms with Crippen LogP contribution in [0.3, 0.4) is 0 Å². The number of fused-ring (bicyclic) bond motifs is 3. The van der Waals surface area contributed by atoms with Crippen LogP contribution in [0.15, 0.2) is 61.1 Å². The number of hydrogen-bond donors (Lipinski definition) is 1. The molecule has 4 aromatic rings. The summed E-state index contributed by atoms with van der Waals surface area (Å²) in [5, 5.41) is 3.50. The summed E-state index contributed by atoms with van der Waals surface area (Å²) in [7, 11) is 0. The topological polar surface area (TPSA) is 41.6 Å². The molecule has 0 aliphatic heterocycles. The monoisotopic (exact) mass is 245 g/mol. The molecule has 0 unspecified atom stereocenters. The van der Waals surface area contributed by atoms with Crippen molar-refractivity contribution in [3.8, 4) is 11.4 Å². The molecule has 0 saturated carbocycles. The van der Waals surface area contributed by atoms with E-state index in [4.69, 9.17) is 0 Å². The van der Waals surface area contributed by atoms with Crippen LogP contribution in [0.1, 0.15) is 0 Å². The van der Waals surface area contributed by atoms with Crippen molar-refractivity contribution in [2.75, 3.05) is 0 Å². The van der Waals surface area contributed by atoms with Crippen LogP contribution >= 0.6 is 0 Å². The largest absolute Gasteiger partial charge is 0.345 e. The molecule has 3 heteroatoms. The molecule has 90 valence electrons. The van der Waals surface area contributed by atoms with Gasteiger partial charge in [-0.3, -0.25) is 4.98 Å². The van der Waals surface area contributed by atoms with E-state index < -0.39 is 0 Å². The van der Waals surface area contributed by atoms with E-state index in [9.17, 15) is 0 Å². The molecule has 19 heavy (non-hydrogen) atoms. The molecule has 2 aromatic heterocycles. The van der Waals surface area contributed by atoms with Gasteiger partial charge in [-0.25, -0.2) is 4.98 Å². The first kappa shape index (κ1) is 10.3. The number of pyridine rings is 1. The Kier molecular flexibility index (Phi) is 2.12. The van der Waals surface area contributed by atoms with Crippen molar-refractivity contribution < 1.29 is 0 Å². The molecular weight excluding hydrogens is 234 g/mol. The Hall–Kier alpha value is -2.68. The zero-order valence-corrected chi connectivity index (χ0v) is 10.2. The minimum Gasteiger partial charge on any atom is -0.345 e. The molecule has 0 aliphatic rings. The Morgan fingerprint density at radius 2 is 1.84 bits per heavy atom. The van der Waals surface area contributed by atoms with Gasteiger partial charge in [0, 0.05) is 34.9 Å². The molecule has 0 bridgehead atoms. The van der Waals surface area contributed by atoms with Gasteiger partial charge in [0.05, 0.1) is 5.52 Å². The van der Waals surface area contributed by atoms with Gasteiger partial charge in [0.25, 0.3) is 0 Å². The van der Waals surface area contributed by atoms with Crippen molar-refractivity contribution in [3.05, 3.63) is 61.1 Å². The van der Waals surface area contributed by atoms with Gasteiger partial charge in [-0.2, -0.15) is 0 Å². The van der Waals surface area contributed by atoms with Crippen molar-refractivity contribution in [1.29, 1.82) is 0 Å². The average Bonchev–Trinajstić information content (AvgIpc) is 3.00. The fraction of sp³-hybridized carbons (Fsp3) is 0. The zero-order valence-electron chi connectivity index (χ0n) is 10.2. The lowest BCUT2D eigenvalue weighted by Crippen LogP contribution is -1.87. The minimum atomic E-state index is 0.878.